The number of likely N-dealkylation sites (tertiary alicyclic amines) is 1. The Bertz CT molecular complexity index is 114. The topological polar surface area (TPSA) is 29.3 Å². The summed E-state index contributed by atoms with van der Waals surface area (Å²) in [5.41, 5.74) is 5.96. The first kappa shape index (κ1) is 9.01. The van der Waals surface area contributed by atoms with Gasteiger partial charge in [-0.15, -0.1) is 0 Å². The molecule has 2 unspecified atom stereocenters. The molecule has 2 nitrogen and oxygen atoms in total. The van der Waals surface area contributed by atoms with Crippen molar-refractivity contribution in [3.8, 4) is 0 Å². The van der Waals surface area contributed by atoms with Gasteiger partial charge in [0.05, 0.1) is 0 Å². The molecule has 1 saturated heterocycles. The predicted molar refractivity (Wildman–Crippen MR) is 48.5 cm³/mol. The van der Waals surface area contributed by atoms with Crippen molar-refractivity contribution in [3.05, 3.63) is 0 Å². The SMILES string of the molecule is CCCN1CCC(C)C(N)C1. The number of hydrogen-bond acceptors (Lipinski definition) is 2. The minimum atomic E-state index is 0.412. The van der Waals surface area contributed by atoms with E-state index in [0.29, 0.717) is 6.04 Å². The lowest BCUT2D eigenvalue weighted by atomic mass is 9.94. The van der Waals surface area contributed by atoms with E-state index in [1.807, 2.05) is 0 Å². The van der Waals surface area contributed by atoms with E-state index in [0.717, 1.165) is 12.5 Å². The Labute approximate surface area is 69.8 Å². The number of nitrogens with zero attached hydrogens (tertiary/aromatic N) is 1. The number of nitrogens with two attached hydrogens (primary N) is 1. The highest BCUT2D eigenvalue weighted by molar-refractivity contribution is 4.79. The molecular weight excluding hydrogens is 136 g/mol. The summed E-state index contributed by atoms with van der Waals surface area (Å²) in [5.74, 6) is 0.725. The van der Waals surface area contributed by atoms with Crippen LogP contribution >= 0.6 is 0 Å². The van der Waals surface area contributed by atoms with Crippen LogP contribution < -0.4 is 5.73 Å². The van der Waals surface area contributed by atoms with Crippen LogP contribution in [0.5, 0.6) is 0 Å². The van der Waals surface area contributed by atoms with Crippen molar-refractivity contribution < 1.29 is 0 Å². The van der Waals surface area contributed by atoms with Crippen LogP contribution in [0, 0.1) is 5.92 Å². The minimum Gasteiger partial charge on any atom is -0.326 e. The maximum atomic E-state index is 5.96. The third kappa shape index (κ3) is 2.46. The molecule has 0 aromatic rings. The van der Waals surface area contributed by atoms with Crippen molar-refractivity contribution in [1.29, 1.82) is 0 Å². The van der Waals surface area contributed by atoms with Gasteiger partial charge in [0.2, 0.25) is 0 Å². The third-order valence-corrected chi connectivity index (χ3v) is 2.64. The van der Waals surface area contributed by atoms with Gasteiger partial charge in [0.1, 0.15) is 0 Å². The average molecular weight is 156 g/mol. The number of rotatable bonds is 2. The second-order valence-electron chi connectivity index (χ2n) is 3.73. The van der Waals surface area contributed by atoms with E-state index in [1.54, 1.807) is 0 Å². The largest absolute Gasteiger partial charge is 0.326 e. The highest BCUT2D eigenvalue weighted by Gasteiger charge is 2.21. The van der Waals surface area contributed by atoms with Crippen LogP contribution in [0.15, 0.2) is 0 Å². The third-order valence-electron chi connectivity index (χ3n) is 2.64. The average Bonchev–Trinajstić information content (AvgIpc) is 1.98. The first-order valence-electron chi connectivity index (χ1n) is 4.72. The molecule has 11 heavy (non-hydrogen) atoms. The maximum Gasteiger partial charge on any atom is 0.0194 e. The van der Waals surface area contributed by atoms with Gasteiger partial charge < -0.3 is 10.6 Å². The minimum absolute atomic E-state index is 0.412. The highest BCUT2D eigenvalue weighted by Crippen LogP contribution is 2.14. The van der Waals surface area contributed by atoms with E-state index in [1.165, 1.54) is 25.9 Å². The Kier molecular flexibility index (Phi) is 3.34. The molecule has 0 amide bonds. The van der Waals surface area contributed by atoms with Crippen molar-refractivity contribution in [3.63, 3.8) is 0 Å². The molecule has 1 fully saturated rings. The molecule has 1 aliphatic rings. The zero-order valence-corrected chi connectivity index (χ0v) is 7.71. The second kappa shape index (κ2) is 4.07. The Morgan fingerprint density at radius 3 is 2.82 bits per heavy atom. The highest BCUT2D eigenvalue weighted by atomic mass is 15.1. The lowest BCUT2D eigenvalue weighted by Gasteiger charge is -2.34. The number of piperidine rings is 1. The zero-order valence-electron chi connectivity index (χ0n) is 7.71. The van der Waals surface area contributed by atoms with Crippen molar-refractivity contribution >= 4 is 0 Å². The van der Waals surface area contributed by atoms with Crippen molar-refractivity contribution in [2.45, 2.75) is 32.7 Å². The fourth-order valence-corrected chi connectivity index (χ4v) is 1.69. The van der Waals surface area contributed by atoms with E-state index in [-0.39, 0.29) is 0 Å². The molecule has 1 rings (SSSR count). The smallest absolute Gasteiger partial charge is 0.0194 e. The molecule has 0 aromatic carbocycles. The van der Waals surface area contributed by atoms with Crippen LogP contribution in [0.1, 0.15) is 26.7 Å². The quantitative estimate of drug-likeness (QED) is 0.648. The first-order valence-corrected chi connectivity index (χ1v) is 4.72. The Balaban J connectivity index is 2.28. The Morgan fingerprint density at radius 1 is 1.55 bits per heavy atom. The van der Waals surface area contributed by atoms with Crippen LogP contribution in [0.3, 0.4) is 0 Å². The van der Waals surface area contributed by atoms with E-state index in [2.05, 4.69) is 18.7 Å². The molecule has 0 spiro atoms. The molecule has 0 radical (unpaired) electrons. The summed E-state index contributed by atoms with van der Waals surface area (Å²) in [4.78, 5) is 2.48. The predicted octanol–water partition coefficient (Wildman–Crippen LogP) is 1.07. The van der Waals surface area contributed by atoms with Crippen molar-refractivity contribution in [1.82, 2.24) is 4.90 Å². The first-order chi connectivity index (χ1) is 5.24. The summed E-state index contributed by atoms with van der Waals surface area (Å²) in [6.45, 7) is 8.07. The van der Waals surface area contributed by atoms with E-state index >= 15 is 0 Å². The molecule has 1 heterocycles. The van der Waals surface area contributed by atoms with E-state index in [9.17, 15) is 0 Å². The Hall–Kier alpha value is -0.0800. The van der Waals surface area contributed by atoms with Gasteiger partial charge in [-0.3, -0.25) is 0 Å². The van der Waals surface area contributed by atoms with Crippen molar-refractivity contribution in [2.24, 2.45) is 11.7 Å². The van der Waals surface area contributed by atoms with Gasteiger partial charge in [-0.25, -0.2) is 0 Å². The van der Waals surface area contributed by atoms with E-state index in [4.69, 9.17) is 5.73 Å². The zero-order chi connectivity index (χ0) is 8.27. The van der Waals surface area contributed by atoms with Gasteiger partial charge >= 0.3 is 0 Å². The molecule has 0 saturated carbocycles. The van der Waals surface area contributed by atoms with E-state index < -0.39 is 0 Å². The summed E-state index contributed by atoms with van der Waals surface area (Å²) < 4.78 is 0. The molecule has 2 atom stereocenters. The molecule has 1 aliphatic heterocycles. The number of hydrogen-bond donors (Lipinski definition) is 1. The lowest BCUT2D eigenvalue weighted by Crippen LogP contribution is -2.47. The molecule has 2 heteroatoms. The summed E-state index contributed by atoms with van der Waals surface area (Å²) in [6.07, 6.45) is 2.53. The van der Waals surface area contributed by atoms with Crippen LogP contribution in [0.2, 0.25) is 0 Å². The summed E-state index contributed by atoms with van der Waals surface area (Å²) >= 11 is 0. The van der Waals surface area contributed by atoms with Crippen LogP contribution in [-0.4, -0.2) is 30.6 Å². The fourth-order valence-electron chi connectivity index (χ4n) is 1.69. The van der Waals surface area contributed by atoms with Gasteiger partial charge in [0.15, 0.2) is 0 Å². The van der Waals surface area contributed by atoms with Gasteiger partial charge in [-0.1, -0.05) is 13.8 Å². The Morgan fingerprint density at radius 2 is 2.27 bits per heavy atom. The van der Waals surface area contributed by atoms with Gasteiger partial charge in [0, 0.05) is 12.6 Å². The van der Waals surface area contributed by atoms with Crippen LogP contribution in [0.25, 0.3) is 0 Å². The molecule has 0 aliphatic carbocycles. The van der Waals surface area contributed by atoms with Crippen LogP contribution in [0.4, 0.5) is 0 Å². The maximum absolute atomic E-state index is 5.96. The van der Waals surface area contributed by atoms with Gasteiger partial charge in [0.25, 0.3) is 0 Å². The van der Waals surface area contributed by atoms with Gasteiger partial charge in [-0.05, 0) is 31.8 Å². The standard InChI is InChI=1S/C9H20N2/c1-3-5-11-6-4-8(2)9(10)7-11/h8-9H,3-7,10H2,1-2H3. The second-order valence-corrected chi connectivity index (χ2v) is 3.73. The monoisotopic (exact) mass is 156 g/mol. The molecule has 0 bridgehead atoms. The summed E-state index contributed by atoms with van der Waals surface area (Å²) in [7, 11) is 0. The lowest BCUT2D eigenvalue weighted by molar-refractivity contribution is 0.169. The van der Waals surface area contributed by atoms with Crippen molar-refractivity contribution in [2.75, 3.05) is 19.6 Å². The normalized spacial score (nSPS) is 34.1. The van der Waals surface area contributed by atoms with Crippen LogP contribution in [-0.2, 0) is 0 Å². The molecule has 66 valence electrons. The molecule has 0 aromatic heterocycles. The molecule has 2 N–H and O–H groups in total. The summed E-state index contributed by atoms with van der Waals surface area (Å²) in [5, 5.41) is 0. The molecular formula is C9H20N2. The summed E-state index contributed by atoms with van der Waals surface area (Å²) in [6, 6.07) is 0.412. The van der Waals surface area contributed by atoms with Gasteiger partial charge in [-0.2, -0.15) is 0 Å². The fraction of sp³-hybridized carbons (Fsp3) is 1.00.